The molecule has 5 heteroatoms. The van der Waals surface area contributed by atoms with E-state index in [0.29, 0.717) is 6.61 Å². The number of para-hydroxylation sites is 1. The number of hydrogen-bond donors (Lipinski definition) is 1. The summed E-state index contributed by atoms with van der Waals surface area (Å²) in [7, 11) is 0. The van der Waals surface area contributed by atoms with Gasteiger partial charge < -0.3 is 10.1 Å². The van der Waals surface area contributed by atoms with Gasteiger partial charge in [-0.2, -0.15) is 0 Å². The zero-order chi connectivity index (χ0) is 12.5. The first-order valence-corrected chi connectivity index (χ1v) is 6.09. The van der Waals surface area contributed by atoms with Gasteiger partial charge in [-0.1, -0.05) is 18.2 Å². The molecule has 2 heterocycles. The first kappa shape index (κ1) is 11.3. The van der Waals surface area contributed by atoms with Gasteiger partial charge in [0.15, 0.2) is 0 Å². The third kappa shape index (κ3) is 2.11. The van der Waals surface area contributed by atoms with Gasteiger partial charge >= 0.3 is 0 Å². The summed E-state index contributed by atoms with van der Waals surface area (Å²) in [6, 6.07) is 9.96. The fraction of sp³-hybridized carbons (Fsp3) is 0.231. The lowest BCUT2D eigenvalue weighted by Crippen LogP contribution is -2.13. The molecule has 1 aromatic heterocycles. The topological polar surface area (TPSA) is 47.0 Å². The van der Waals surface area contributed by atoms with Crippen LogP contribution in [0.1, 0.15) is 17.3 Å². The molecule has 3 rings (SSSR count). The van der Waals surface area contributed by atoms with E-state index in [9.17, 15) is 0 Å². The molecule has 0 amide bonds. The number of aryl methyl sites for hydroxylation is 1. The third-order valence-corrected chi connectivity index (χ3v) is 3.02. The van der Waals surface area contributed by atoms with E-state index in [2.05, 4.69) is 21.4 Å². The summed E-state index contributed by atoms with van der Waals surface area (Å²) in [6.45, 7) is 2.48. The zero-order valence-electron chi connectivity index (χ0n) is 9.85. The van der Waals surface area contributed by atoms with Gasteiger partial charge in [-0.25, -0.2) is 9.97 Å². The Morgan fingerprint density at radius 2 is 2.17 bits per heavy atom. The Hall–Kier alpha value is -1.81. The molecule has 0 saturated heterocycles. The van der Waals surface area contributed by atoms with Crippen molar-refractivity contribution in [3.63, 3.8) is 0 Å². The van der Waals surface area contributed by atoms with Crippen molar-refractivity contribution < 1.29 is 4.74 Å². The summed E-state index contributed by atoms with van der Waals surface area (Å²) in [5.74, 6) is 1.64. The van der Waals surface area contributed by atoms with E-state index in [1.54, 1.807) is 0 Å². The summed E-state index contributed by atoms with van der Waals surface area (Å²) in [4.78, 5) is 8.19. The van der Waals surface area contributed by atoms with Gasteiger partial charge in [-0.15, -0.1) is 0 Å². The fourth-order valence-electron chi connectivity index (χ4n) is 2.07. The highest BCUT2D eigenvalue weighted by atomic mass is 35.5. The second-order valence-electron chi connectivity index (χ2n) is 4.21. The Morgan fingerprint density at radius 1 is 1.33 bits per heavy atom. The van der Waals surface area contributed by atoms with Gasteiger partial charge in [0.05, 0.1) is 6.04 Å². The first-order valence-electron chi connectivity index (χ1n) is 5.72. The number of ether oxygens (including phenoxy) is 1. The quantitative estimate of drug-likeness (QED) is 0.845. The van der Waals surface area contributed by atoms with E-state index >= 15 is 0 Å². The highest BCUT2D eigenvalue weighted by molar-refractivity contribution is 6.28. The lowest BCUT2D eigenvalue weighted by Gasteiger charge is -2.12. The molecule has 2 aromatic rings. The largest absolute Gasteiger partial charge is 0.491 e. The summed E-state index contributed by atoms with van der Waals surface area (Å²) >= 11 is 5.84. The minimum Gasteiger partial charge on any atom is -0.491 e. The van der Waals surface area contributed by atoms with E-state index in [-0.39, 0.29) is 11.3 Å². The van der Waals surface area contributed by atoms with Gasteiger partial charge in [-0.05, 0) is 24.6 Å². The first-order chi connectivity index (χ1) is 8.72. The fourth-order valence-corrected chi connectivity index (χ4v) is 2.29. The SMILES string of the molecule is Cc1cc(NC2COc3ccccc32)nc(Cl)n1. The van der Waals surface area contributed by atoms with E-state index in [1.165, 1.54) is 0 Å². The summed E-state index contributed by atoms with van der Waals surface area (Å²) in [6.07, 6.45) is 0. The van der Waals surface area contributed by atoms with Crippen molar-refractivity contribution in [2.75, 3.05) is 11.9 Å². The predicted octanol–water partition coefficient (Wildman–Crippen LogP) is 2.98. The molecule has 1 aliphatic heterocycles. The summed E-state index contributed by atoms with van der Waals surface area (Å²) < 4.78 is 5.60. The Labute approximate surface area is 110 Å². The maximum absolute atomic E-state index is 5.84. The highest BCUT2D eigenvalue weighted by Crippen LogP contribution is 2.33. The van der Waals surface area contributed by atoms with Crippen molar-refractivity contribution >= 4 is 17.4 Å². The molecule has 0 saturated carbocycles. The lowest BCUT2D eigenvalue weighted by molar-refractivity contribution is 0.339. The molecule has 0 aliphatic carbocycles. The molecular weight excluding hydrogens is 250 g/mol. The maximum atomic E-state index is 5.84. The van der Waals surface area contributed by atoms with Gasteiger partial charge in [0, 0.05) is 17.3 Å². The molecule has 92 valence electrons. The Bertz CT molecular complexity index is 568. The predicted molar refractivity (Wildman–Crippen MR) is 70.1 cm³/mol. The van der Waals surface area contributed by atoms with Crippen LogP contribution in [0.4, 0.5) is 5.82 Å². The molecule has 0 bridgehead atoms. The summed E-state index contributed by atoms with van der Waals surface area (Å²) in [5, 5.41) is 3.57. The molecule has 0 radical (unpaired) electrons. The van der Waals surface area contributed by atoms with Crippen LogP contribution in [0.3, 0.4) is 0 Å². The number of nitrogens with one attached hydrogen (secondary N) is 1. The molecule has 1 N–H and O–H groups in total. The number of anilines is 1. The van der Waals surface area contributed by atoms with E-state index < -0.39 is 0 Å². The number of halogens is 1. The molecule has 0 spiro atoms. The van der Waals surface area contributed by atoms with E-state index in [4.69, 9.17) is 16.3 Å². The zero-order valence-corrected chi connectivity index (χ0v) is 10.6. The monoisotopic (exact) mass is 261 g/mol. The van der Waals surface area contributed by atoms with Crippen LogP contribution in [0.2, 0.25) is 5.28 Å². The van der Waals surface area contributed by atoms with Crippen molar-refractivity contribution in [1.82, 2.24) is 9.97 Å². The van der Waals surface area contributed by atoms with Crippen molar-refractivity contribution in [2.24, 2.45) is 0 Å². The number of fused-ring (bicyclic) bond motifs is 1. The van der Waals surface area contributed by atoms with Crippen molar-refractivity contribution in [3.05, 3.63) is 46.9 Å². The minimum atomic E-state index is 0.103. The van der Waals surface area contributed by atoms with Crippen LogP contribution >= 0.6 is 11.6 Å². The van der Waals surface area contributed by atoms with Crippen molar-refractivity contribution in [1.29, 1.82) is 0 Å². The number of rotatable bonds is 2. The standard InChI is InChI=1S/C13H12ClN3O/c1-8-6-12(17-13(14)15-8)16-10-7-18-11-5-3-2-4-9(10)11/h2-6,10H,7H2,1H3,(H,15,16,17). The average molecular weight is 262 g/mol. The van der Waals surface area contributed by atoms with Gasteiger partial charge in [0.2, 0.25) is 5.28 Å². The van der Waals surface area contributed by atoms with Crippen LogP contribution in [-0.2, 0) is 0 Å². The maximum Gasteiger partial charge on any atom is 0.224 e. The molecule has 1 unspecified atom stereocenters. The molecule has 1 atom stereocenters. The van der Waals surface area contributed by atoms with Crippen LogP contribution in [0.25, 0.3) is 0 Å². The van der Waals surface area contributed by atoms with E-state index in [1.807, 2.05) is 31.2 Å². The van der Waals surface area contributed by atoms with Crippen LogP contribution in [0, 0.1) is 6.92 Å². The van der Waals surface area contributed by atoms with Crippen molar-refractivity contribution in [2.45, 2.75) is 13.0 Å². The second-order valence-corrected chi connectivity index (χ2v) is 4.55. The minimum absolute atomic E-state index is 0.103. The molecule has 1 aromatic carbocycles. The number of aromatic nitrogens is 2. The van der Waals surface area contributed by atoms with Gasteiger partial charge in [-0.3, -0.25) is 0 Å². The molecule has 0 fully saturated rings. The molecule has 1 aliphatic rings. The lowest BCUT2D eigenvalue weighted by atomic mass is 10.1. The molecule has 18 heavy (non-hydrogen) atoms. The van der Waals surface area contributed by atoms with Gasteiger partial charge in [0.1, 0.15) is 18.2 Å². The van der Waals surface area contributed by atoms with Crippen LogP contribution in [0.5, 0.6) is 5.75 Å². The highest BCUT2D eigenvalue weighted by Gasteiger charge is 2.23. The van der Waals surface area contributed by atoms with Gasteiger partial charge in [0.25, 0.3) is 0 Å². The Morgan fingerprint density at radius 3 is 3.00 bits per heavy atom. The average Bonchev–Trinajstić information content (AvgIpc) is 2.72. The normalized spacial score (nSPS) is 17.1. The van der Waals surface area contributed by atoms with Crippen LogP contribution in [0.15, 0.2) is 30.3 Å². The number of nitrogens with zero attached hydrogens (tertiary/aromatic N) is 2. The number of hydrogen-bond acceptors (Lipinski definition) is 4. The van der Waals surface area contributed by atoms with Crippen LogP contribution < -0.4 is 10.1 Å². The summed E-state index contributed by atoms with van der Waals surface area (Å²) in [5.41, 5.74) is 1.98. The second kappa shape index (κ2) is 4.46. The Kier molecular flexibility index (Phi) is 2.80. The molecule has 4 nitrogen and oxygen atoms in total. The van der Waals surface area contributed by atoms with Crippen LogP contribution in [-0.4, -0.2) is 16.6 Å². The number of benzene rings is 1. The van der Waals surface area contributed by atoms with E-state index in [0.717, 1.165) is 22.8 Å². The van der Waals surface area contributed by atoms with Crippen molar-refractivity contribution in [3.8, 4) is 5.75 Å². The smallest absolute Gasteiger partial charge is 0.224 e. The third-order valence-electron chi connectivity index (χ3n) is 2.85. The molecular formula is C13H12ClN3O. The Balaban J connectivity index is 1.86.